The summed E-state index contributed by atoms with van der Waals surface area (Å²) in [6, 6.07) is 0.577. The van der Waals surface area contributed by atoms with E-state index >= 15 is 0 Å². The van der Waals surface area contributed by atoms with Crippen LogP contribution in [0.4, 0.5) is 0 Å². The molecule has 0 aromatic heterocycles. The molecule has 2 rings (SSSR count). The number of hydrogen-bond acceptors (Lipinski definition) is 4. The highest BCUT2D eigenvalue weighted by molar-refractivity contribution is 7.89. The summed E-state index contributed by atoms with van der Waals surface area (Å²) in [6.45, 7) is 4.20. The van der Waals surface area contributed by atoms with Gasteiger partial charge >= 0.3 is 0 Å². The van der Waals surface area contributed by atoms with E-state index in [1.165, 1.54) is 32.1 Å². The molecule has 2 N–H and O–H groups in total. The molecule has 0 amide bonds. The van der Waals surface area contributed by atoms with Gasteiger partial charge in [-0.15, -0.1) is 0 Å². The van der Waals surface area contributed by atoms with Gasteiger partial charge in [0, 0.05) is 25.7 Å². The third-order valence-corrected chi connectivity index (χ3v) is 4.97. The quantitative estimate of drug-likeness (QED) is 0.662. The van der Waals surface area contributed by atoms with Crippen LogP contribution >= 0.6 is 0 Å². The van der Waals surface area contributed by atoms with Crippen molar-refractivity contribution in [3.8, 4) is 0 Å². The van der Waals surface area contributed by atoms with Crippen molar-refractivity contribution >= 4 is 10.0 Å². The van der Waals surface area contributed by atoms with E-state index in [4.69, 9.17) is 0 Å². The normalized spacial score (nSPS) is 22.2. The number of nitrogens with zero attached hydrogens (tertiary/aromatic N) is 1. The number of sulfonamides is 1. The zero-order valence-electron chi connectivity index (χ0n) is 11.0. The van der Waals surface area contributed by atoms with Gasteiger partial charge in [0.1, 0.15) is 0 Å². The lowest BCUT2D eigenvalue weighted by atomic mass is 10.1. The lowest BCUT2D eigenvalue weighted by Crippen LogP contribution is -2.39. The zero-order valence-corrected chi connectivity index (χ0v) is 11.8. The van der Waals surface area contributed by atoms with Crippen molar-refractivity contribution < 1.29 is 8.42 Å². The summed E-state index contributed by atoms with van der Waals surface area (Å²) < 4.78 is 26.1. The summed E-state index contributed by atoms with van der Waals surface area (Å²) in [5.74, 6) is 0.198. The van der Waals surface area contributed by atoms with Crippen molar-refractivity contribution in [2.24, 2.45) is 0 Å². The second-order valence-electron chi connectivity index (χ2n) is 5.34. The molecule has 18 heavy (non-hydrogen) atoms. The molecule has 106 valence electrons. The van der Waals surface area contributed by atoms with E-state index in [1.54, 1.807) is 0 Å². The van der Waals surface area contributed by atoms with Gasteiger partial charge in [0.2, 0.25) is 10.0 Å². The molecule has 1 heterocycles. The summed E-state index contributed by atoms with van der Waals surface area (Å²) in [4.78, 5) is 2.34. The summed E-state index contributed by atoms with van der Waals surface area (Å²) in [5, 5.41) is 3.22. The molecule has 1 saturated carbocycles. The summed E-state index contributed by atoms with van der Waals surface area (Å²) in [7, 11) is -3.09. The molecule has 0 atom stereocenters. The molecule has 0 aromatic rings. The van der Waals surface area contributed by atoms with Gasteiger partial charge in [-0.05, 0) is 38.8 Å². The first-order valence-electron chi connectivity index (χ1n) is 7.09. The second-order valence-corrected chi connectivity index (χ2v) is 7.27. The van der Waals surface area contributed by atoms with Crippen LogP contribution in [0.5, 0.6) is 0 Å². The van der Waals surface area contributed by atoms with Crippen LogP contribution in [-0.2, 0) is 10.0 Å². The molecule has 2 fully saturated rings. The maximum Gasteiger partial charge on any atom is 0.212 e. The van der Waals surface area contributed by atoms with Gasteiger partial charge in [-0.25, -0.2) is 13.1 Å². The number of nitrogens with one attached hydrogen (secondary N) is 2. The minimum Gasteiger partial charge on any atom is -0.313 e. The van der Waals surface area contributed by atoms with Crippen molar-refractivity contribution in [3.63, 3.8) is 0 Å². The SMILES string of the molecule is O=S(=O)(CCNC1CC1)NCCN1CCCCC1. The lowest BCUT2D eigenvalue weighted by Gasteiger charge is -2.26. The highest BCUT2D eigenvalue weighted by atomic mass is 32.2. The zero-order chi connectivity index (χ0) is 12.8. The number of likely N-dealkylation sites (tertiary alicyclic amines) is 1. The Morgan fingerprint density at radius 3 is 2.44 bits per heavy atom. The Bertz CT molecular complexity index is 335. The van der Waals surface area contributed by atoms with Crippen molar-refractivity contribution in [3.05, 3.63) is 0 Å². The van der Waals surface area contributed by atoms with Crippen molar-refractivity contribution in [1.29, 1.82) is 0 Å². The molecule has 1 saturated heterocycles. The average Bonchev–Trinajstić information content (AvgIpc) is 3.14. The van der Waals surface area contributed by atoms with E-state index < -0.39 is 10.0 Å². The van der Waals surface area contributed by atoms with Crippen molar-refractivity contribution in [2.75, 3.05) is 38.5 Å². The molecule has 0 radical (unpaired) electrons. The lowest BCUT2D eigenvalue weighted by molar-refractivity contribution is 0.233. The first-order chi connectivity index (χ1) is 8.66. The number of hydrogen-bond donors (Lipinski definition) is 2. The first kappa shape index (κ1) is 14.2. The smallest absolute Gasteiger partial charge is 0.212 e. The van der Waals surface area contributed by atoms with Crippen LogP contribution in [0.2, 0.25) is 0 Å². The first-order valence-corrected chi connectivity index (χ1v) is 8.74. The van der Waals surface area contributed by atoms with E-state index in [0.717, 1.165) is 19.6 Å². The maximum absolute atomic E-state index is 11.7. The molecule has 1 aliphatic heterocycles. The molecule has 0 bridgehead atoms. The Morgan fingerprint density at radius 1 is 1.06 bits per heavy atom. The minimum absolute atomic E-state index is 0.198. The minimum atomic E-state index is -3.09. The van der Waals surface area contributed by atoms with Crippen LogP contribution in [0.1, 0.15) is 32.1 Å². The molecule has 0 spiro atoms. The fourth-order valence-corrected chi connectivity index (χ4v) is 3.23. The van der Waals surface area contributed by atoms with E-state index in [2.05, 4.69) is 14.9 Å². The molecule has 0 aromatic carbocycles. The van der Waals surface area contributed by atoms with Gasteiger partial charge in [-0.1, -0.05) is 6.42 Å². The topological polar surface area (TPSA) is 61.4 Å². The molecular weight excluding hydrogens is 250 g/mol. The Balaban J connectivity index is 1.55. The van der Waals surface area contributed by atoms with E-state index in [9.17, 15) is 8.42 Å². The highest BCUT2D eigenvalue weighted by Gasteiger charge is 2.21. The molecule has 0 unspecified atom stereocenters. The van der Waals surface area contributed by atoms with Crippen LogP contribution < -0.4 is 10.0 Å². The molecule has 6 heteroatoms. The molecule has 1 aliphatic carbocycles. The van der Waals surface area contributed by atoms with Gasteiger partial charge in [-0.2, -0.15) is 0 Å². The Morgan fingerprint density at radius 2 is 1.78 bits per heavy atom. The third kappa shape index (κ3) is 5.65. The summed E-state index contributed by atoms with van der Waals surface area (Å²) >= 11 is 0. The maximum atomic E-state index is 11.7. The predicted molar refractivity (Wildman–Crippen MR) is 73.1 cm³/mol. The average molecular weight is 275 g/mol. The van der Waals surface area contributed by atoms with Crippen LogP contribution in [0.3, 0.4) is 0 Å². The molecule has 2 aliphatic rings. The van der Waals surface area contributed by atoms with E-state index in [1.807, 2.05) is 0 Å². The molecular formula is C12H25N3O2S. The summed E-state index contributed by atoms with van der Waals surface area (Å²) in [6.07, 6.45) is 6.20. The van der Waals surface area contributed by atoms with Crippen LogP contribution in [0.15, 0.2) is 0 Å². The summed E-state index contributed by atoms with van der Waals surface area (Å²) in [5.41, 5.74) is 0. The van der Waals surface area contributed by atoms with Crippen LogP contribution in [-0.4, -0.2) is 57.8 Å². The monoisotopic (exact) mass is 275 g/mol. The van der Waals surface area contributed by atoms with Gasteiger partial charge in [0.25, 0.3) is 0 Å². The number of rotatable bonds is 8. The fraction of sp³-hybridized carbons (Fsp3) is 1.00. The van der Waals surface area contributed by atoms with E-state index in [-0.39, 0.29) is 5.75 Å². The third-order valence-electron chi connectivity index (χ3n) is 3.58. The largest absolute Gasteiger partial charge is 0.313 e. The predicted octanol–water partition coefficient (Wildman–Crippen LogP) is 0.144. The Labute approximate surface area is 110 Å². The Kier molecular flexibility index (Phi) is 5.41. The van der Waals surface area contributed by atoms with Gasteiger partial charge in [0.15, 0.2) is 0 Å². The van der Waals surface area contributed by atoms with Gasteiger partial charge < -0.3 is 10.2 Å². The standard InChI is InChI=1S/C12H25N3O2S/c16-18(17,11-7-13-12-4-5-12)14-6-10-15-8-2-1-3-9-15/h12-14H,1-11H2. The van der Waals surface area contributed by atoms with Crippen molar-refractivity contribution in [2.45, 2.75) is 38.1 Å². The van der Waals surface area contributed by atoms with Gasteiger partial charge in [0.05, 0.1) is 5.75 Å². The molecule has 5 nitrogen and oxygen atoms in total. The highest BCUT2D eigenvalue weighted by Crippen LogP contribution is 2.17. The van der Waals surface area contributed by atoms with Crippen molar-refractivity contribution in [1.82, 2.24) is 14.9 Å². The van der Waals surface area contributed by atoms with Gasteiger partial charge in [-0.3, -0.25) is 0 Å². The van der Waals surface area contributed by atoms with E-state index in [0.29, 0.717) is 19.1 Å². The van der Waals surface area contributed by atoms with Crippen LogP contribution in [0.25, 0.3) is 0 Å². The Hall–Kier alpha value is -0.170. The second kappa shape index (κ2) is 6.84. The fourth-order valence-electron chi connectivity index (χ4n) is 2.30. The van der Waals surface area contributed by atoms with Crippen LogP contribution in [0, 0.1) is 0 Å². The number of piperidine rings is 1.